The van der Waals surface area contributed by atoms with Crippen molar-refractivity contribution in [2.24, 2.45) is 0 Å². The maximum absolute atomic E-state index is 12.5. The fraction of sp³-hybridized carbons (Fsp3) is 0.300. The Kier molecular flexibility index (Phi) is 4.93. The van der Waals surface area contributed by atoms with E-state index >= 15 is 0 Å². The highest BCUT2D eigenvalue weighted by molar-refractivity contribution is 9.10. The average molecular weight is 414 g/mol. The summed E-state index contributed by atoms with van der Waals surface area (Å²) in [6, 6.07) is 10.1. The SMILES string of the molecule is O=C(/C=C/c1ccc2c(c1)CCO2)N1CCN(c2ccc(Br)cn2)CC1. The van der Waals surface area contributed by atoms with E-state index in [1.807, 2.05) is 35.2 Å². The molecule has 1 aromatic carbocycles. The molecular formula is C20H20BrN3O2. The molecule has 134 valence electrons. The summed E-state index contributed by atoms with van der Waals surface area (Å²) < 4.78 is 6.49. The number of hydrogen-bond acceptors (Lipinski definition) is 4. The maximum atomic E-state index is 12.5. The second-order valence-corrected chi connectivity index (χ2v) is 7.36. The summed E-state index contributed by atoms with van der Waals surface area (Å²) in [6.07, 6.45) is 6.31. The molecule has 0 bridgehead atoms. The third-order valence-electron chi connectivity index (χ3n) is 4.76. The Morgan fingerprint density at radius 2 is 2.00 bits per heavy atom. The van der Waals surface area contributed by atoms with Gasteiger partial charge >= 0.3 is 0 Å². The number of benzene rings is 1. The molecule has 6 heteroatoms. The molecular weight excluding hydrogens is 394 g/mol. The van der Waals surface area contributed by atoms with E-state index in [1.165, 1.54) is 5.56 Å². The normalized spacial score (nSPS) is 16.7. The van der Waals surface area contributed by atoms with Gasteiger partial charge in [0.1, 0.15) is 11.6 Å². The highest BCUT2D eigenvalue weighted by atomic mass is 79.9. The predicted octanol–water partition coefficient (Wildman–Crippen LogP) is 3.14. The molecule has 3 heterocycles. The Morgan fingerprint density at radius 1 is 1.15 bits per heavy atom. The zero-order valence-electron chi connectivity index (χ0n) is 14.4. The summed E-state index contributed by atoms with van der Waals surface area (Å²) in [6.45, 7) is 3.76. The molecule has 0 saturated carbocycles. The molecule has 5 nitrogen and oxygen atoms in total. The van der Waals surface area contributed by atoms with Crippen LogP contribution in [0.5, 0.6) is 5.75 Å². The van der Waals surface area contributed by atoms with Crippen molar-refractivity contribution in [2.75, 3.05) is 37.7 Å². The number of fused-ring (bicyclic) bond motifs is 1. The van der Waals surface area contributed by atoms with Gasteiger partial charge in [0.2, 0.25) is 5.91 Å². The summed E-state index contributed by atoms with van der Waals surface area (Å²) in [5.41, 5.74) is 2.26. The molecule has 4 rings (SSSR count). The Morgan fingerprint density at radius 3 is 2.77 bits per heavy atom. The first-order chi connectivity index (χ1) is 12.7. The van der Waals surface area contributed by atoms with Crippen LogP contribution in [0.25, 0.3) is 6.08 Å². The Hall–Kier alpha value is -2.34. The number of halogens is 1. The second kappa shape index (κ2) is 7.50. The Balaban J connectivity index is 1.34. The monoisotopic (exact) mass is 413 g/mol. The first-order valence-corrected chi connectivity index (χ1v) is 9.57. The molecule has 26 heavy (non-hydrogen) atoms. The number of ether oxygens (including phenoxy) is 1. The van der Waals surface area contributed by atoms with E-state index < -0.39 is 0 Å². The van der Waals surface area contributed by atoms with E-state index in [0.29, 0.717) is 13.1 Å². The van der Waals surface area contributed by atoms with Crippen LogP contribution in [-0.2, 0) is 11.2 Å². The molecule has 1 saturated heterocycles. The van der Waals surface area contributed by atoms with Crippen LogP contribution in [0.3, 0.4) is 0 Å². The zero-order chi connectivity index (χ0) is 17.9. The van der Waals surface area contributed by atoms with Crippen LogP contribution >= 0.6 is 15.9 Å². The first-order valence-electron chi connectivity index (χ1n) is 8.78. The molecule has 1 fully saturated rings. The van der Waals surface area contributed by atoms with Crippen LogP contribution < -0.4 is 9.64 Å². The molecule has 2 aliphatic rings. The van der Waals surface area contributed by atoms with Crippen molar-refractivity contribution in [1.82, 2.24) is 9.88 Å². The zero-order valence-corrected chi connectivity index (χ0v) is 16.0. The molecule has 2 aliphatic heterocycles. The summed E-state index contributed by atoms with van der Waals surface area (Å²) in [5.74, 6) is 1.98. The molecule has 1 aromatic heterocycles. The molecule has 0 atom stereocenters. The lowest BCUT2D eigenvalue weighted by Gasteiger charge is -2.34. The van der Waals surface area contributed by atoms with Gasteiger partial charge in [-0.25, -0.2) is 4.98 Å². The van der Waals surface area contributed by atoms with Gasteiger partial charge in [0.25, 0.3) is 0 Å². The molecule has 0 unspecified atom stereocenters. The number of anilines is 1. The van der Waals surface area contributed by atoms with Gasteiger partial charge in [-0.2, -0.15) is 0 Å². The standard InChI is InChI=1S/C20H20BrN3O2/c21-17-3-5-19(22-14-17)23-8-10-24(11-9-23)20(25)6-2-15-1-4-18-16(13-15)7-12-26-18/h1-6,13-14H,7-12H2/b6-2+. The number of hydrogen-bond donors (Lipinski definition) is 0. The van der Waals surface area contributed by atoms with Crippen molar-refractivity contribution in [3.8, 4) is 5.75 Å². The van der Waals surface area contributed by atoms with E-state index in [2.05, 4.69) is 31.9 Å². The lowest BCUT2D eigenvalue weighted by Crippen LogP contribution is -2.48. The topological polar surface area (TPSA) is 45.7 Å². The van der Waals surface area contributed by atoms with Crippen LogP contribution in [0, 0.1) is 0 Å². The predicted molar refractivity (Wildman–Crippen MR) is 105 cm³/mol. The van der Waals surface area contributed by atoms with Gasteiger partial charge in [0, 0.05) is 49.3 Å². The minimum absolute atomic E-state index is 0.0603. The molecule has 0 N–H and O–H groups in total. The second-order valence-electron chi connectivity index (χ2n) is 6.45. The largest absolute Gasteiger partial charge is 0.493 e. The van der Waals surface area contributed by atoms with Crippen LogP contribution in [0.4, 0.5) is 5.82 Å². The number of amides is 1. The lowest BCUT2D eigenvalue weighted by atomic mass is 10.1. The minimum Gasteiger partial charge on any atom is -0.493 e. The average Bonchev–Trinajstić information content (AvgIpc) is 3.15. The van der Waals surface area contributed by atoms with Crippen molar-refractivity contribution in [3.63, 3.8) is 0 Å². The van der Waals surface area contributed by atoms with Gasteiger partial charge in [0.15, 0.2) is 0 Å². The van der Waals surface area contributed by atoms with E-state index in [1.54, 1.807) is 12.3 Å². The fourth-order valence-electron chi connectivity index (χ4n) is 3.29. The molecule has 2 aromatic rings. The van der Waals surface area contributed by atoms with E-state index in [-0.39, 0.29) is 5.91 Å². The summed E-state index contributed by atoms with van der Waals surface area (Å²) >= 11 is 3.40. The van der Waals surface area contributed by atoms with Gasteiger partial charge in [-0.15, -0.1) is 0 Å². The molecule has 0 aliphatic carbocycles. The number of carbonyl (C=O) groups excluding carboxylic acids is 1. The first kappa shape index (κ1) is 17.1. The van der Waals surface area contributed by atoms with Crippen molar-refractivity contribution in [3.05, 3.63) is 58.2 Å². The third-order valence-corrected chi connectivity index (χ3v) is 5.23. The summed E-state index contributed by atoms with van der Waals surface area (Å²) in [7, 11) is 0. The minimum atomic E-state index is 0.0603. The number of carbonyl (C=O) groups is 1. The summed E-state index contributed by atoms with van der Waals surface area (Å²) in [4.78, 5) is 21.0. The van der Waals surface area contributed by atoms with Gasteiger partial charge < -0.3 is 14.5 Å². The highest BCUT2D eigenvalue weighted by Gasteiger charge is 2.20. The lowest BCUT2D eigenvalue weighted by molar-refractivity contribution is -0.126. The fourth-order valence-corrected chi connectivity index (χ4v) is 3.53. The Bertz CT molecular complexity index is 827. The number of pyridine rings is 1. The Labute approximate surface area is 161 Å². The van der Waals surface area contributed by atoms with Gasteiger partial charge in [0.05, 0.1) is 6.61 Å². The smallest absolute Gasteiger partial charge is 0.246 e. The molecule has 0 radical (unpaired) electrons. The van der Waals surface area contributed by atoms with Crippen molar-refractivity contribution in [1.29, 1.82) is 0 Å². The van der Waals surface area contributed by atoms with Crippen LogP contribution in [0.1, 0.15) is 11.1 Å². The van der Waals surface area contributed by atoms with Crippen LogP contribution in [0.2, 0.25) is 0 Å². The highest BCUT2D eigenvalue weighted by Crippen LogP contribution is 2.26. The summed E-state index contributed by atoms with van der Waals surface area (Å²) in [5, 5.41) is 0. The third kappa shape index (κ3) is 3.75. The van der Waals surface area contributed by atoms with Crippen molar-refractivity contribution >= 4 is 33.7 Å². The number of piperazine rings is 1. The van der Waals surface area contributed by atoms with Crippen LogP contribution in [0.15, 0.2) is 47.1 Å². The van der Waals surface area contributed by atoms with Gasteiger partial charge in [-0.1, -0.05) is 6.07 Å². The van der Waals surface area contributed by atoms with Crippen molar-refractivity contribution in [2.45, 2.75) is 6.42 Å². The van der Waals surface area contributed by atoms with Crippen LogP contribution in [-0.4, -0.2) is 48.6 Å². The van der Waals surface area contributed by atoms with E-state index in [9.17, 15) is 4.79 Å². The van der Waals surface area contributed by atoms with E-state index in [0.717, 1.165) is 47.7 Å². The number of aromatic nitrogens is 1. The quantitative estimate of drug-likeness (QED) is 0.725. The van der Waals surface area contributed by atoms with Crippen molar-refractivity contribution < 1.29 is 9.53 Å². The van der Waals surface area contributed by atoms with Gasteiger partial charge in [-0.05, 0) is 57.4 Å². The number of rotatable bonds is 3. The molecule has 0 spiro atoms. The number of nitrogens with zero attached hydrogens (tertiary/aromatic N) is 3. The van der Waals surface area contributed by atoms with E-state index in [4.69, 9.17) is 4.74 Å². The molecule has 1 amide bonds. The van der Waals surface area contributed by atoms with Gasteiger partial charge in [-0.3, -0.25) is 4.79 Å². The maximum Gasteiger partial charge on any atom is 0.246 e.